The number of hydrogen-bond donors (Lipinski definition) is 1. The largest absolute Gasteiger partial charge is 0.496 e. The molecule has 0 atom stereocenters. The van der Waals surface area contributed by atoms with Crippen LogP contribution in [0.25, 0.3) is 6.08 Å². The average molecular weight is 417 g/mol. The summed E-state index contributed by atoms with van der Waals surface area (Å²) in [4.78, 5) is 23.8. The highest BCUT2D eigenvalue weighted by Gasteiger charge is 2.52. The van der Waals surface area contributed by atoms with Gasteiger partial charge in [-0.15, -0.1) is 0 Å². The van der Waals surface area contributed by atoms with Gasteiger partial charge in [0.2, 0.25) is 0 Å². The smallest absolute Gasteiger partial charge is 0.335 e. The van der Waals surface area contributed by atoms with Crippen LogP contribution in [0, 0.1) is 17.8 Å². The Labute approximate surface area is 182 Å². The summed E-state index contributed by atoms with van der Waals surface area (Å²) in [6.07, 6.45) is 11.2. The van der Waals surface area contributed by atoms with Gasteiger partial charge in [-0.1, -0.05) is 30.3 Å². The fraction of sp³-hybridized carbons (Fsp3) is 0.407. The van der Waals surface area contributed by atoms with E-state index in [9.17, 15) is 9.59 Å². The summed E-state index contributed by atoms with van der Waals surface area (Å²) in [5.41, 5.74) is 3.15. The van der Waals surface area contributed by atoms with Gasteiger partial charge < -0.3 is 9.84 Å². The zero-order chi connectivity index (χ0) is 21.6. The van der Waals surface area contributed by atoms with E-state index in [-0.39, 0.29) is 16.8 Å². The molecule has 4 aliphatic rings. The van der Waals surface area contributed by atoms with Gasteiger partial charge in [-0.2, -0.15) is 0 Å². The second-order valence-corrected chi connectivity index (χ2v) is 9.74. The van der Waals surface area contributed by atoms with Gasteiger partial charge in [-0.05, 0) is 91.5 Å². The molecule has 2 aromatic rings. The number of allylic oxidation sites excluding steroid dienone is 1. The highest BCUT2D eigenvalue weighted by molar-refractivity contribution is 6.07. The zero-order valence-corrected chi connectivity index (χ0v) is 17.8. The van der Waals surface area contributed by atoms with E-state index in [1.807, 2.05) is 12.1 Å². The Morgan fingerprint density at radius 1 is 0.935 bits per heavy atom. The number of ketones is 1. The quantitative estimate of drug-likeness (QED) is 0.480. The van der Waals surface area contributed by atoms with Crippen LogP contribution in [-0.2, 0) is 5.41 Å². The molecular formula is C27H28O4. The van der Waals surface area contributed by atoms with Crippen LogP contribution in [0.1, 0.15) is 70.4 Å². The summed E-state index contributed by atoms with van der Waals surface area (Å²) in [6.45, 7) is 0. The molecule has 160 valence electrons. The summed E-state index contributed by atoms with van der Waals surface area (Å²) in [5, 5.41) is 9.00. The second kappa shape index (κ2) is 7.67. The number of carboxylic acids is 1. The molecule has 0 radical (unpaired) electrons. The Hall–Kier alpha value is -2.88. The third-order valence-corrected chi connectivity index (χ3v) is 7.68. The number of rotatable bonds is 6. The second-order valence-electron chi connectivity index (χ2n) is 9.74. The van der Waals surface area contributed by atoms with Gasteiger partial charge in [-0.25, -0.2) is 4.79 Å². The normalized spacial score (nSPS) is 28.7. The standard InChI is InChI=1S/C27H28O4/c1-31-25-13-22(24(28)9-4-17-2-5-21(6-3-17)26(29)30)7-8-23(25)27-14-18-10-19(15-27)12-20(11-18)16-27/h2-9,13,18-20H,10-12,14-16H2,1H3,(H,29,30)/b9-4+. The van der Waals surface area contributed by atoms with Crippen LogP contribution >= 0.6 is 0 Å². The maximum absolute atomic E-state index is 12.8. The molecule has 0 amide bonds. The molecule has 0 aromatic heterocycles. The third-order valence-electron chi connectivity index (χ3n) is 7.68. The molecular weight excluding hydrogens is 388 g/mol. The van der Waals surface area contributed by atoms with E-state index in [0.717, 1.165) is 29.1 Å². The van der Waals surface area contributed by atoms with Gasteiger partial charge in [0.15, 0.2) is 5.78 Å². The van der Waals surface area contributed by atoms with Crippen LogP contribution in [0.5, 0.6) is 5.75 Å². The molecule has 4 fully saturated rings. The first-order chi connectivity index (χ1) is 15.0. The summed E-state index contributed by atoms with van der Waals surface area (Å²) in [7, 11) is 1.70. The minimum Gasteiger partial charge on any atom is -0.496 e. The fourth-order valence-corrected chi connectivity index (χ4v) is 6.73. The summed E-state index contributed by atoms with van der Waals surface area (Å²) in [6, 6.07) is 12.4. The van der Waals surface area contributed by atoms with Crippen molar-refractivity contribution in [3.05, 3.63) is 70.8 Å². The minimum atomic E-state index is -0.960. The van der Waals surface area contributed by atoms with Gasteiger partial charge in [-0.3, -0.25) is 4.79 Å². The van der Waals surface area contributed by atoms with Crippen molar-refractivity contribution in [3.63, 3.8) is 0 Å². The van der Waals surface area contributed by atoms with Crippen LogP contribution < -0.4 is 4.74 Å². The third kappa shape index (κ3) is 3.69. The zero-order valence-electron chi connectivity index (χ0n) is 17.8. The first kappa shape index (κ1) is 20.0. The number of aromatic carboxylic acids is 1. The van der Waals surface area contributed by atoms with Gasteiger partial charge in [0.05, 0.1) is 12.7 Å². The van der Waals surface area contributed by atoms with Gasteiger partial charge in [0.1, 0.15) is 5.75 Å². The maximum Gasteiger partial charge on any atom is 0.335 e. The van der Waals surface area contributed by atoms with Crippen molar-refractivity contribution in [1.82, 2.24) is 0 Å². The molecule has 31 heavy (non-hydrogen) atoms. The van der Waals surface area contributed by atoms with E-state index >= 15 is 0 Å². The predicted octanol–water partition coefficient (Wildman–Crippen LogP) is 5.76. The topological polar surface area (TPSA) is 63.6 Å². The number of carbonyl (C=O) groups excluding carboxylic acids is 1. The van der Waals surface area contributed by atoms with Gasteiger partial charge in [0, 0.05) is 11.1 Å². The number of benzene rings is 2. The van der Waals surface area contributed by atoms with Crippen molar-refractivity contribution >= 4 is 17.8 Å². The minimum absolute atomic E-state index is 0.0855. The number of hydrogen-bond acceptors (Lipinski definition) is 3. The van der Waals surface area contributed by atoms with E-state index in [1.54, 1.807) is 25.3 Å². The lowest BCUT2D eigenvalue weighted by Crippen LogP contribution is -2.48. The molecule has 2 aromatic carbocycles. The lowest BCUT2D eigenvalue weighted by molar-refractivity contribution is -0.00616. The lowest BCUT2D eigenvalue weighted by Gasteiger charge is -2.57. The molecule has 0 saturated heterocycles. The van der Waals surface area contributed by atoms with Crippen molar-refractivity contribution in [2.45, 2.75) is 43.9 Å². The Bertz CT molecular complexity index is 1010. The summed E-state index contributed by atoms with van der Waals surface area (Å²) < 4.78 is 5.79. The van der Waals surface area contributed by atoms with Crippen molar-refractivity contribution in [2.24, 2.45) is 17.8 Å². The maximum atomic E-state index is 12.8. The molecule has 4 aliphatic carbocycles. The van der Waals surface area contributed by atoms with E-state index < -0.39 is 5.97 Å². The predicted molar refractivity (Wildman–Crippen MR) is 120 cm³/mol. The Morgan fingerprint density at radius 3 is 2.06 bits per heavy atom. The molecule has 4 heteroatoms. The Morgan fingerprint density at radius 2 is 1.52 bits per heavy atom. The Kier molecular flexibility index (Phi) is 4.96. The number of methoxy groups -OCH3 is 1. The van der Waals surface area contributed by atoms with E-state index in [4.69, 9.17) is 9.84 Å². The molecule has 4 nitrogen and oxygen atoms in total. The molecule has 4 bridgehead atoms. The van der Waals surface area contributed by atoms with Crippen molar-refractivity contribution in [1.29, 1.82) is 0 Å². The lowest BCUT2D eigenvalue weighted by atomic mass is 9.48. The Balaban J connectivity index is 1.37. The van der Waals surface area contributed by atoms with Crippen molar-refractivity contribution in [3.8, 4) is 5.75 Å². The molecule has 0 unspecified atom stereocenters. The molecule has 0 heterocycles. The van der Waals surface area contributed by atoms with E-state index in [0.29, 0.717) is 5.56 Å². The first-order valence-electron chi connectivity index (χ1n) is 11.2. The van der Waals surface area contributed by atoms with Gasteiger partial charge >= 0.3 is 5.97 Å². The van der Waals surface area contributed by atoms with Crippen molar-refractivity contribution in [2.75, 3.05) is 7.11 Å². The van der Waals surface area contributed by atoms with E-state index in [1.165, 1.54) is 62.3 Å². The molecule has 6 rings (SSSR count). The van der Waals surface area contributed by atoms with Crippen LogP contribution in [0.15, 0.2) is 48.5 Å². The van der Waals surface area contributed by atoms with Crippen LogP contribution in [-0.4, -0.2) is 24.0 Å². The monoisotopic (exact) mass is 416 g/mol. The molecule has 1 N–H and O–H groups in total. The summed E-state index contributed by atoms with van der Waals surface area (Å²) >= 11 is 0. The average Bonchev–Trinajstić information content (AvgIpc) is 2.76. The summed E-state index contributed by atoms with van der Waals surface area (Å²) in [5.74, 6) is 2.36. The molecule has 0 spiro atoms. The highest BCUT2D eigenvalue weighted by Crippen LogP contribution is 2.61. The van der Waals surface area contributed by atoms with Crippen molar-refractivity contribution < 1.29 is 19.4 Å². The van der Waals surface area contributed by atoms with Crippen LogP contribution in [0.3, 0.4) is 0 Å². The van der Waals surface area contributed by atoms with Gasteiger partial charge in [0.25, 0.3) is 0 Å². The number of carboxylic acid groups (broad SMARTS) is 1. The highest BCUT2D eigenvalue weighted by atomic mass is 16.5. The number of carbonyl (C=O) groups is 2. The number of ether oxygens (including phenoxy) is 1. The van der Waals surface area contributed by atoms with E-state index in [2.05, 4.69) is 6.07 Å². The molecule has 0 aliphatic heterocycles. The van der Waals surface area contributed by atoms with Crippen LogP contribution in [0.2, 0.25) is 0 Å². The first-order valence-corrected chi connectivity index (χ1v) is 11.2. The van der Waals surface area contributed by atoms with Crippen LogP contribution in [0.4, 0.5) is 0 Å². The molecule has 4 saturated carbocycles. The SMILES string of the molecule is COc1cc(C(=O)/C=C/c2ccc(C(=O)O)cc2)ccc1C12CC3CC(CC(C3)C1)C2. The fourth-order valence-electron chi connectivity index (χ4n) is 6.73.